The van der Waals surface area contributed by atoms with E-state index < -0.39 is 0 Å². The van der Waals surface area contributed by atoms with Crippen LogP contribution in [-0.4, -0.2) is 13.4 Å². The van der Waals surface area contributed by atoms with Crippen LogP contribution < -0.4 is 24.7 Å². The molecule has 3 rings (SSSR count). The van der Waals surface area contributed by atoms with Crippen LogP contribution in [0, 0.1) is 0 Å². The van der Waals surface area contributed by atoms with Crippen LogP contribution in [-0.2, 0) is 0 Å². The van der Waals surface area contributed by atoms with E-state index in [1.807, 2.05) is 31.2 Å². The lowest BCUT2D eigenvalue weighted by molar-refractivity contribution is 0.174. The average molecular weight is 287 g/mol. The molecule has 0 spiro atoms. The Bertz CT molecular complexity index is 642. The molecule has 0 unspecified atom stereocenters. The highest BCUT2D eigenvalue weighted by molar-refractivity contribution is 5.63. The van der Waals surface area contributed by atoms with Crippen molar-refractivity contribution in [3.63, 3.8) is 0 Å². The summed E-state index contributed by atoms with van der Waals surface area (Å²) >= 11 is 0. The molecular formula is C16H17NO4. The summed E-state index contributed by atoms with van der Waals surface area (Å²) in [4.78, 5) is 0. The zero-order valence-electron chi connectivity index (χ0n) is 11.8. The molecule has 0 fully saturated rings. The largest absolute Gasteiger partial charge is 0.491 e. The van der Waals surface area contributed by atoms with Gasteiger partial charge in [0.25, 0.3) is 0 Å². The maximum atomic E-state index is 6.08. The van der Waals surface area contributed by atoms with Crippen molar-refractivity contribution in [2.45, 2.75) is 13.3 Å². The molecule has 2 N–H and O–H groups in total. The molecule has 0 atom stereocenters. The molecule has 5 heteroatoms. The molecule has 0 amide bonds. The monoisotopic (exact) mass is 287 g/mol. The summed E-state index contributed by atoms with van der Waals surface area (Å²) < 4.78 is 22.0. The molecule has 5 nitrogen and oxygen atoms in total. The summed E-state index contributed by atoms with van der Waals surface area (Å²) in [6.45, 7) is 2.90. The third-order valence-corrected chi connectivity index (χ3v) is 3.06. The first-order valence-electron chi connectivity index (χ1n) is 6.86. The Morgan fingerprint density at radius 3 is 2.76 bits per heavy atom. The molecule has 0 aliphatic carbocycles. The van der Waals surface area contributed by atoms with Crippen LogP contribution in [0.4, 0.5) is 5.69 Å². The van der Waals surface area contributed by atoms with E-state index in [-0.39, 0.29) is 6.79 Å². The van der Waals surface area contributed by atoms with Crippen molar-refractivity contribution in [1.82, 2.24) is 0 Å². The minimum absolute atomic E-state index is 0.237. The molecule has 110 valence electrons. The van der Waals surface area contributed by atoms with Crippen molar-refractivity contribution in [3.8, 4) is 28.7 Å². The highest BCUT2D eigenvalue weighted by Gasteiger charge is 2.15. The molecule has 1 heterocycles. The van der Waals surface area contributed by atoms with Gasteiger partial charge in [0.05, 0.1) is 6.61 Å². The Morgan fingerprint density at radius 1 is 1.10 bits per heavy atom. The number of para-hydroxylation sites is 1. The van der Waals surface area contributed by atoms with Gasteiger partial charge in [-0.05, 0) is 30.7 Å². The van der Waals surface area contributed by atoms with Crippen molar-refractivity contribution < 1.29 is 18.9 Å². The van der Waals surface area contributed by atoms with Gasteiger partial charge in [0.1, 0.15) is 17.2 Å². The van der Waals surface area contributed by atoms with Crippen LogP contribution in [0.25, 0.3) is 0 Å². The van der Waals surface area contributed by atoms with E-state index in [2.05, 4.69) is 0 Å². The third kappa shape index (κ3) is 2.81. The van der Waals surface area contributed by atoms with Gasteiger partial charge in [0.2, 0.25) is 6.79 Å². The summed E-state index contributed by atoms with van der Waals surface area (Å²) in [5.74, 6) is 3.22. The Balaban J connectivity index is 1.81. The molecule has 0 aromatic heterocycles. The molecule has 2 aromatic carbocycles. The van der Waals surface area contributed by atoms with E-state index in [4.69, 9.17) is 24.7 Å². The lowest BCUT2D eigenvalue weighted by Crippen LogP contribution is -2.00. The van der Waals surface area contributed by atoms with E-state index >= 15 is 0 Å². The number of hydrogen-bond donors (Lipinski definition) is 1. The predicted molar refractivity (Wildman–Crippen MR) is 79.3 cm³/mol. The molecule has 1 aliphatic heterocycles. The fourth-order valence-corrected chi connectivity index (χ4v) is 2.02. The van der Waals surface area contributed by atoms with Gasteiger partial charge < -0.3 is 24.7 Å². The molecule has 2 aromatic rings. The average Bonchev–Trinajstić information content (AvgIpc) is 2.96. The number of fused-ring (bicyclic) bond motifs is 1. The maximum absolute atomic E-state index is 6.08. The quantitative estimate of drug-likeness (QED) is 0.852. The SMILES string of the molecule is CCCOc1cccc(Oc2ccc3c(c2)OCO3)c1N. The normalized spacial score (nSPS) is 12.2. The maximum Gasteiger partial charge on any atom is 0.231 e. The number of nitrogen functional groups attached to an aromatic ring is 1. The molecule has 21 heavy (non-hydrogen) atoms. The highest BCUT2D eigenvalue weighted by atomic mass is 16.7. The predicted octanol–water partition coefficient (Wildman–Crippen LogP) is 3.58. The Hall–Kier alpha value is -2.56. The van der Waals surface area contributed by atoms with Crippen LogP contribution in [0.2, 0.25) is 0 Å². The topological polar surface area (TPSA) is 62.9 Å². The summed E-state index contributed by atoms with van der Waals surface area (Å²) in [6.07, 6.45) is 0.923. The second kappa shape index (κ2) is 5.83. The van der Waals surface area contributed by atoms with E-state index in [0.717, 1.165) is 12.2 Å². The Labute approximate surface area is 123 Å². The standard InChI is InChI=1S/C16H17NO4/c1-2-8-18-13-4-3-5-14(16(13)17)21-11-6-7-12-15(9-11)20-10-19-12/h3-7,9H,2,8,10,17H2,1H3. The summed E-state index contributed by atoms with van der Waals surface area (Å²) in [5.41, 5.74) is 6.57. The minimum Gasteiger partial charge on any atom is -0.491 e. The second-order valence-electron chi connectivity index (χ2n) is 4.63. The summed E-state index contributed by atoms with van der Waals surface area (Å²) in [5, 5.41) is 0. The minimum atomic E-state index is 0.237. The number of hydrogen-bond acceptors (Lipinski definition) is 5. The van der Waals surface area contributed by atoms with E-state index in [1.165, 1.54) is 0 Å². The fourth-order valence-electron chi connectivity index (χ4n) is 2.02. The number of benzene rings is 2. The lowest BCUT2D eigenvalue weighted by Gasteiger charge is -2.13. The van der Waals surface area contributed by atoms with Crippen LogP contribution in [0.1, 0.15) is 13.3 Å². The fraction of sp³-hybridized carbons (Fsp3) is 0.250. The van der Waals surface area contributed by atoms with Gasteiger partial charge in [0.15, 0.2) is 17.2 Å². The Morgan fingerprint density at radius 2 is 1.90 bits per heavy atom. The zero-order valence-corrected chi connectivity index (χ0v) is 11.8. The molecule has 0 bridgehead atoms. The van der Waals surface area contributed by atoms with Gasteiger partial charge >= 0.3 is 0 Å². The molecule has 0 saturated heterocycles. The number of anilines is 1. The van der Waals surface area contributed by atoms with Crippen LogP contribution in [0.3, 0.4) is 0 Å². The van der Waals surface area contributed by atoms with Crippen molar-refractivity contribution in [3.05, 3.63) is 36.4 Å². The highest BCUT2D eigenvalue weighted by Crippen LogP contribution is 2.39. The molecule has 0 saturated carbocycles. The first-order valence-corrected chi connectivity index (χ1v) is 6.86. The third-order valence-electron chi connectivity index (χ3n) is 3.06. The van der Waals surface area contributed by atoms with Crippen molar-refractivity contribution in [2.75, 3.05) is 19.1 Å². The first kappa shape index (κ1) is 13.4. The molecule has 1 aliphatic rings. The molecular weight excluding hydrogens is 270 g/mol. The van der Waals surface area contributed by atoms with Crippen LogP contribution >= 0.6 is 0 Å². The molecule has 0 radical (unpaired) electrons. The Kier molecular flexibility index (Phi) is 3.73. The zero-order chi connectivity index (χ0) is 14.7. The number of nitrogens with two attached hydrogens (primary N) is 1. The van der Waals surface area contributed by atoms with Gasteiger partial charge in [-0.1, -0.05) is 13.0 Å². The van der Waals surface area contributed by atoms with Gasteiger partial charge in [-0.2, -0.15) is 0 Å². The van der Waals surface area contributed by atoms with Gasteiger partial charge in [-0.25, -0.2) is 0 Å². The van der Waals surface area contributed by atoms with Crippen LogP contribution in [0.15, 0.2) is 36.4 Å². The number of rotatable bonds is 5. The summed E-state index contributed by atoms with van der Waals surface area (Å²) in [6, 6.07) is 10.9. The van der Waals surface area contributed by atoms with Crippen molar-refractivity contribution >= 4 is 5.69 Å². The van der Waals surface area contributed by atoms with Crippen LogP contribution in [0.5, 0.6) is 28.7 Å². The lowest BCUT2D eigenvalue weighted by atomic mass is 10.2. The summed E-state index contributed by atoms with van der Waals surface area (Å²) in [7, 11) is 0. The van der Waals surface area contributed by atoms with E-state index in [9.17, 15) is 0 Å². The van der Waals surface area contributed by atoms with E-state index in [0.29, 0.717) is 35.3 Å². The van der Waals surface area contributed by atoms with Crippen molar-refractivity contribution in [2.24, 2.45) is 0 Å². The smallest absolute Gasteiger partial charge is 0.231 e. The van der Waals surface area contributed by atoms with Gasteiger partial charge in [-0.15, -0.1) is 0 Å². The first-order chi connectivity index (χ1) is 10.3. The van der Waals surface area contributed by atoms with Crippen molar-refractivity contribution in [1.29, 1.82) is 0 Å². The number of ether oxygens (including phenoxy) is 4. The second-order valence-corrected chi connectivity index (χ2v) is 4.63. The van der Waals surface area contributed by atoms with E-state index in [1.54, 1.807) is 12.1 Å². The van der Waals surface area contributed by atoms with Gasteiger partial charge in [-0.3, -0.25) is 0 Å². The van der Waals surface area contributed by atoms with Gasteiger partial charge in [0, 0.05) is 6.07 Å².